The molecule has 98 valence electrons. The van der Waals surface area contributed by atoms with Gasteiger partial charge in [0.1, 0.15) is 6.10 Å². The zero-order chi connectivity index (χ0) is 13.0. The molecule has 0 heterocycles. The molecule has 0 N–H and O–H groups in total. The molecule has 1 fully saturated rings. The number of carbonyl (C=O) groups excluding carboxylic acids is 1. The van der Waals surface area contributed by atoms with Gasteiger partial charge in [0.05, 0.1) is 6.42 Å². The quantitative estimate of drug-likeness (QED) is 0.577. The molecule has 1 atom stereocenters. The Morgan fingerprint density at radius 2 is 2.06 bits per heavy atom. The van der Waals surface area contributed by atoms with Gasteiger partial charge in [0, 0.05) is 10.6 Å². The lowest BCUT2D eigenvalue weighted by Crippen LogP contribution is -2.16. The molecule has 0 amide bonds. The van der Waals surface area contributed by atoms with Gasteiger partial charge in [-0.3, -0.25) is 4.79 Å². The Morgan fingerprint density at radius 1 is 1.39 bits per heavy atom. The zero-order valence-electron chi connectivity index (χ0n) is 11.0. The maximum atomic E-state index is 11.6. The van der Waals surface area contributed by atoms with Crippen LogP contribution in [0.1, 0.15) is 31.7 Å². The second-order valence-electron chi connectivity index (χ2n) is 4.94. The van der Waals surface area contributed by atoms with Crippen molar-refractivity contribution in [2.24, 2.45) is 5.92 Å². The minimum absolute atomic E-state index is 0.0611. The molecule has 1 aromatic carbocycles. The molecule has 0 saturated heterocycles. The van der Waals surface area contributed by atoms with Crippen LogP contribution in [0.3, 0.4) is 0 Å². The van der Waals surface area contributed by atoms with Crippen LogP contribution in [-0.2, 0) is 9.53 Å². The van der Waals surface area contributed by atoms with Gasteiger partial charge in [-0.25, -0.2) is 0 Å². The molecule has 1 saturated carbocycles. The van der Waals surface area contributed by atoms with Crippen LogP contribution in [0, 0.1) is 12.8 Å². The number of hydrogen-bond donors (Lipinski definition) is 0. The van der Waals surface area contributed by atoms with Crippen molar-refractivity contribution in [3.05, 3.63) is 29.8 Å². The number of thioether (sulfide) groups is 1. The fourth-order valence-electron chi connectivity index (χ4n) is 1.81. The molecule has 0 aromatic heterocycles. The number of benzene rings is 1. The first kappa shape index (κ1) is 13.5. The molecule has 0 aliphatic heterocycles. The highest BCUT2D eigenvalue weighted by atomic mass is 32.2. The van der Waals surface area contributed by atoms with Gasteiger partial charge < -0.3 is 4.74 Å². The molecule has 1 aliphatic rings. The monoisotopic (exact) mass is 264 g/mol. The summed E-state index contributed by atoms with van der Waals surface area (Å²) in [4.78, 5) is 12.8. The topological polar surface area (TPSA) is 26.3 Å². The first-order valence-corrected chi connectivity index (χ1v) is 7.52. The number of esters is 1. The predicted octanol–water partition coefficient (Wildman–Crippen LogP) is 3.82. The molecule has 0 spiro atoms. The predicted molar refractivity (Wildman–Crippen MR) is 74.8 cm³/mol. The summed E-state index contributed by atoms with van der Waals surface area (Å²) in [6.45, 7) is 4.08. The summed E-state index contributed by atoms with van der Waals surface area (Å²) in [6, 6.07) is 8.38. The number of aryl methyl sites for hydroxylation is 1. The number of ether oxygens (including phenoxy) is 1. The lowest BCUT2D eigenvalue weighted by atomic mass is 10.2. The molecule has 2 nitrogen and oxygen atoms in total. The molecule has 0 radical (unpaired) electrons. The highest BCUT2D eigenvalue weighted by Gasteiger charge is 2.30. The highest BCUT2D eigenvalue weighted by molar-refractivity contribution is 7.99. The van der Waals surface area contributed by atoms with Crippen molar-refractivity contribution >= 4 is 17.7 Å². The summed E-state index contributed by atoms with van der Waals surface area (Å²) >= 11 is 1.71. The van der Waals surface area contributed by atoms with Crippen molar-refractivity contribution in [2.75, 3.05) is 5.75 Å². The molecular weight excluding hydrogens is 244 g/mol. The van der Waals surface area contributed by atoms with Crippen molar-refractivity contribution in [1.82, 2.24) is 0 Å². The Hall–Kier alpha value is -0.960. The van der Waals surface area contributed by atoms with Gasteiger partial charge in [0.2, 0.25) is 0 Å². The number of rotatable bonds is 6. The minimum Gasteiger partial charge on any atom is -0.462 e. The van der Waals surface area contributed by atoms with E-state index in [1.54, 1.807) is 11.8 Å². The lowest BCUT2D eigenvalue weighted by Gasteiger charge is -2.11. The first-order valence-electron chi connectivity index (χ1n) is 6.54. The van der Waals surface area contributed by atoms with Crippen LogP contribution in [0.2, 0.25) is 0 Å². The van der Waals surface area contributed by atoms with Crippen LogP contribution in [0.25, 0.3) is 0 Å². The van der Waals surface area contributed by atoms with Crippen molar-refractivity contribution in [3.63, 3.8) is 0 Å². The van der Waals surface area contributed by atoms with E-state index in [0.29, 0.717) is 12.3 Å². The smallest absolute Gasteiger partial charge is 0.306 e. The van der Waals surface area contributed by atoms with Gasteiger partial charge >= 0.3 is 5.97 Å². The van der Waals surface area contributed by atoms with E-state index < -0.39 is 0 Å². The maximum Gasteiger partial charge on any atom is 0.306 e. The molecule has 0 bridgehead atoms. The summed E-state index contributed by atoms with van der Waals surface area (Å²) in [5.74, 6) is 1.35. The van der Waals surface area contributed by atoms with Gasteiger partial charge in [0.25, 0.3) is 0 Å². The van der Waals surface area contributed by atoms with Crippen molar-refractivity contribution in [2.45, 2.75) is 44.1 Å². The minimum atomic E-state index is -0.0611. The zero-order valence-corrected chi connectivity index (χ0v) is 11.8. The molecule has 18 heavy (non-hydrogen) atoms. The standard InChI is InChI=1S/C15H20O2S/c1-11-3-7-14(8-4-11)18-10-9-15(16)17-12(2)13-5-6-13/h3-4,7-8,12-13H,5-6,9-10H2,1-2H3. The third kappa shape index (κ3) is 4.37. The van der Waals surface area contributed by atoms with Gasteiger partial charge in [-0.2, -0.15) is 0 Å². The average molecular weight is 264 g/mol. The molecule has 1 aliphatic carbocycles. The Bertz CT molecular complexity index is 395. The third-order valence-electron chi connectivity index (χ3n) is 3.20. The average Bonchev–Trinajstić information content (AvgIpc) is 3.15. The molecule has 3 heteroatoms. The third-order valence-corrected chi connectivity index (χ3v) is 4.21. The second kappa shape index (κ2) is 6.28. The SMILES string of the molecule is Cc1ccc(SCCC(=O)OC(C)C2CC2)cc1. The normalized spacial score (nSPS) is 16.3. The van der Waals surface area contributed by atoms with Crippen molar-refractivity contribution in [1.29, 1.82) is 0 Å². The van der Waals surface area contributed by atoms with E-state index in [1.807, 2.05) is 6.92 Å². The van der Waals surface area contributed by atoms with Gasteiger partial charge in [-0.1, -0.05) is 17.7 Å². The Labute approximate surface area is 113 Å². The van der Waals surface area contributed by atoms with E-state index in [2.05, 4.69) is 31.2 Å². The van der Waals surface area contributed by atoms with Crippen LogP contribution in [0.4, 0.5) is 0 Å². The van der Waals surface area contributed by atoms with E-state index in [1.165, 1.54) is 23.3 Å². The molecule has 1 aromatic rings. The number of hydrogen-bond acceptors (Lipinski definition) is 3. The van der Waals surface area contributed by atoms with Crippen molar-refractivity contribution < 1.29 is 9.53 Å². The van der Waals surface area contributed by atoms with E-state index in [-0.39, 0.29) is 12.1 Å². The Balaban J connectivity index is 1.65. The first-order chi connectivity index (χ1) is 8.65. The fraction of sp³-hybridized carbons (Fsp3) is 0.533. The summed E-state index contributed by atoms with van der Waals surface area (Å²) < 4.78 is 5.38. The van der Waals surface area contributed by atoms with E-state index >= 15 is 0 Å². The molecule has 1 unspecified atom stereocenters. The summed E-state index contributed by atoms with van der Waals surface area (Å²) in [7, 11) is 0. The lowest BCUT2D eigenvalue weighted by molar-refractivity contribution is -0.148. The van der Waals surface area contributed by atoms with Crippen LogP contribution in [-0.4, -0.2) is 17.8 Å². The Kier molecular flexibility index (Phi) is 4.70. The second-order valence-corrected chi connectivity index (χ2v) is 6.11. The van der Waals surface area contributed by atoms with E-state index in [0.717, 1.165) is 5.75 Å². The van der Waals surface area contributed by atoms with Crippen LogP contribution in [0.5, 0.6) is 0 Å². The van der Waals surface area contributed by atoms with Gasteiger partial charge in [-0.05, 0) is 44.7 Å². The fourth-order valence-corrected chi connectivity index (χ4v) is 2.65. The van der Waals surface area contributed by atoms with Crippen LogP contribution < -0.4 is 0 Å². The summed E-state index contributed by atoms with van der Waals surface area (Å²) in [5, 5.41) is 0. The van der Waals surface area contributed by atoms with Crippen LogP contribution in [0.15, 0.2) is 29.2 Å². The van der Waals surface area contributed by atoms with Gasteiger partial charge in [0.15, 0.2) is 0 Å². The molecule has 2 rings (SSSR count). The number of carbonyl (C=O) groups is 1. The van der Waals surface area contributed by atoms with E-state index in [4.69, 9.17) is 4.74 Å². The maximum absolute atomic E-state index is 11.6. The Morgan fingerprint density at radius 3 is 2.67 bits per heavy atom. The highest BCUT2D eigenvalue weighted by Crippen LogP contribution is 2.34. The van der Waals surface area contributed by atoms with Crippen LogP contribution >= 0.6 is 11.8 Å². The van der Waals surface area contributed by atoms with E-state index in [9.17, 15) is 4.79 Å². The largest absolute Gasteiger partial charge is 0.462 e. The summed E-state index contributed by atoms with van der Waals surface area (Å²) in [5.41, 5.74) is 1.26. The summed E-state index contributed by atoms with van der Waals surface area (Å²) in [6.07, 6.45) is 3.04. The van der Waals surface area contributed by atoms with Crippen molar-refractivity contribution in [3.8, 4) is 0 Å². The molecular formula is C15H20O2S. The van der Waals surface area contributed by atoms with Gasteiger partial charge in [-0.15, -0.1) is 11.8 Å².